The number of nitrogens with zero attached hydrogens (tertiary/aromatic N) is 3. The summed E-state index contributed by atoms with van der Waals surface area (Å²) in [6, 6.07) is 0. The van der Waals surface area contributed by atoms with Gasteiger partial charge in [0, 0.05) is 19.8 Å². The Labute approximate surface area is 65.8 Å². The molecule has 11 heavy (non-hydrogen) atoms. The highest BCUT2D eigenvalue weighted by Crippen LogP contribution is 2.18. The fraction of sp³-hybridized carbons (Fsp3) is 0.571. The van der Waals surface area contributed by atoms with Crippen molar-refractivity contribution in [1.29, 1.82) is 0 Å². The van der Waals surface area contributed by atoms with Crippen molar-refractivity contribution in [3.63, 3.8) is 0 Å². The monoisotopic (exact) mass is 152 g/mol. The molecule has 0 saturated carbocycles. The second-order valence-electron chi connectivity index (χ2n) is 3.01. The molecule has 0 fully saturated rings. The smallest absolute Gasteiger partial charge is 0.0996 e. The fourth-order valence-electron chi connectivity index (χ4n) is 1.33. The number of anilines is 1. The van der Waals surface area contributed by atoms with E-state index < -0.39 is 0 Å². The lowest BCUT2D eigenvalue weighted by atomic mass is 10.3. The summed E-state index contributed by atoms with van der Waals surface area (Å²) in [5.74, 6) is 0. The number of fused-ring (bicyclic) bond motifs is 1. The van der Waals surface area contributed by atoms with Crippen molar-refractivity contribution in [3.05, 3.63) is 11.9 Å². The second-order valence-corrected chi connectivity index (χ2v) is 3.01. The van der Waals surface area contributed by atoms with Gasteiger partial charge >= 0.3 is 0 Å². The first-order valence-electron chi connectivity index (χ1n) is 3.70. The van der Waals surface area contributed by atoms with Crippen LogP contribution in [0.15, 0.2) is 6.20 Å². The number of hydrogen-bond acceptors (Lipinski definition) is 3. The van der Waals surface area contributed by atoms with E-state index >= 15 is 0 Å². The van der Waals surface area contributed by atoms with Crippen LogP contribution in [0.25, 0.3) is 0 Å². The van der Waals surface area contributed by atoms with Gasteiger partial charge in [0.1, 0.15) is 0 Å². The van der Waals surface area contributed by atoms with E-state index in [1.165, 1.54) is 5.69 Å². The zero-order chi connectivity index (χ0) is 7.84. The molecule has 60 valence electrons. The summed E-state index contributed by atoms with van der Waals surface area (Å²) in [6.45, 7) is 1.86. The highest BCUT2D eigenvalue weighted by Gasteiger charge is 2.14. The van der Waals surface area contributed by atoms with E-state index in [2.05, 4.69) is 22.4 Å². The van der Waals surface area contributed by atoms with Gasteiger partial charge in [0.15, 0.2) is 0 Å². The normalized spacial score (nSPS) is 17.6. The lowest BCUT2D eigenvalue weighted by molar-refractivity contribution is 0.335. The molecule has 0 bridgehead atoms. The summed E-state index contributed by atoms with van der Waals surface area (Å²) in [5, 5.41) is 7.59. The summed E-state index contributed by atoms with van der Waals surface area (Å²) in [6.07, 6.45) is 2.02. The van der Waals surface area contributed by atoms with Crippen LogP contribution in [0.5, 0.6) is 0 Å². The minimum atomic E-state index is 0.915. The molecular formula is C7H12N4. The highest BCUT2D eigenvalue weighted by atomic mass is 15.3. The molecular weight excluding hydrogens is 140 g/mol. The van der Waals surface area contributed by atoms with Crippen molar-refractivity contribution < 1.29 is 0 Å². The largest absolute Gasteiger partial charge is 0.369 e. The van der Waals surface area contributed by atoms with Gasteiger partial charge in [0.2, 0.25) is 0 Å². The van der Waals surface area contributed by atoms with Crippen LogP contribution in [0, 0.1) is 0 Å². The Hall–Kier alpha value is -1.03. The molecule has 0 aliphatic carbocycles. The molecule has 0 spiro atoms. The first kappa shape index (κ1) is 6.67. The van der Waals surface area contributed by atoms with Crippen molar-refractivity contribution in [1.82, 2.24) is 14.7 Å². The van der Waals surface area contributed by atoms with Crippen molar-refractivity contribution in [2.45, 2.75) is 6.54 Å². The summed E-state index contributed by atoms with van der Waals surface area (Å²) >= 11 is 0. The van der Waals surface area contributed by atoms with Gasteiger partial charge in [0.25, 0.3) is 0 Å². The van der Waals surface area contributed by atoms with Crippen molar-refractivity contribution >= 4 is 5.69 Å². The minimum absolute atomic E-state index is 0.915. The van der Waals surface area contributed by atoms with Crippen LogP contribution in [0.1, 0.15) is 5.69 Å². The number of rotatable bonds is 0. The molecule has 0 saturated heterocycles. The van der Waals surface area contributed by atoms with Crippen molar-refractivity contribution in [2.24, 2.45) is 7.05 Å². The Bertz CT molecular complexity index is 265. The SMILES string of the molecule is CN1CNc2cn(C)nc2C1. The molecule has 1 aromatic heterocycles. The van der Waals surface area contributed by atoms with E-state index in [-0.39, 0.29) is 0 Å². The molecule has 0 atom stereocenters. The summed E-state index contributed by atoms with van der Waals surface area (Å²) < 4.78 is 1.84. The average Bonchev–Trinajstić information content (AvgIpc) is 2.27. The quantitative estimate of drug-likeness (QED) is 0.578. The van der Waals surface area contributed by atoms with Crippen LogP contribution in [-0.4, -0.2) is 28.4 Å². The van der Waals surface area contributed by atoms with Gasteiger partial charge in [-0.1, -0.05) is 0 Å². The van der Waals surface area contributed by atoms with Gasteiger partial charge in [-0.15, -0.1) is 0 Å². The molecule has 0 radical (unpaired) electrons. The van der Waals surface area contributed by atoms with Gasteiger partial charge in [-0.3, -0.25) is 9.58 Å². The standard InChI is InChI=1S/C7H12N4/c1-10-3-7-6(8-5-10)4-11(2)9-7/h4,8H,3,5H2,1-2H3. The summed E-state index contributed by atoms with van der Waals surface area (Å²) in [5.41, 5.74) is 2.31. The molecule has 1 aliphatic heterocycles. The third-order valence-electron chi connectivity index (χ3n) is 1.86. The van der Waals surface area contributed by atoms with Crippen LogP contribution in [0.4, 0.5) is 5.69 Å². The first-order chi connectivity index (χ1) is 5.25. The Balaban J connectivity index is 2.34. The maximum Gasteiger partial charge on any atom is 0.0996 e. The van der Waals surface area contributed by atoms with Crippen LogP contribution < -0.4 is 5.32 Å². The van der Waals surface area contributed by atoms with E-state index in [1.807, 2.05) is 17.9 Å². The van der Waals surface area contributed by atoms with Crippen LogP contribution >= 0.6 is 0 Å². The molecule has 2 heterocycles. The molecule has 0 aromatic carbocycles. The maximum atomic E-state index is 4.31. The van der Waals surface area contributed by atoms with Gasteiger partial charge < -0.3 is 5.32 Å². The number of nitrogens with one attached hydrogen (secondary N) is 1. The van der Waals surface area contributed by atoms with E-state index in [0.717, 1.165) is 18.9 Å². The molecule has 1 aliphatic rings. The Morgan fingerprint density at radius 3 is 3.18 bits per heavy atom. The van der Waals surface area contributed by atoms with E-state index in [9.17, 15) is 0 Å². The minimum Gasteiger partial charge on any atom is -0.369 e. The first-order valence-corrected chi connectivity index (χ1v) is 3.70. The van der Waals surface area contributed by atoms with E-state index in [0.29, 0.717) is 0 Å². The second kappa shape index (κ2) is 2.23. The number of aryl methyl sites for hydroxylation is 1. The number of hydrogen-bond donors (Lipinski definition) is 1. The molecule has 2 rings (SSSR count). The third kappa shape index (κ3) is 1.09. The van der Waals surface area contributed by atoms with Crippen LogP contribution in [0.2, 0.25) is 0 Å². The van der Waals surface area contributed by atoms with Crippen molar-refractivity contribution in [3.8, 4) is 0 Å². The Morgan fingerprint density at radius 1 is 1.55 bits per heavy atom. The molecule has 0 amide bonds. The predicted molar refractivity (Wildman–Crippen MR) is 43.2 cm³/mol. The lowest BCUT2D eigenvalue weighted by Gasteiger charge is -2.22. The predicted octanol–water partition coefficient (Wildman–Crippen LogP) is 0.235. The molecule has 1 N–H and O–H groups in total. The van der Waals surface area contributed by atoms with Crippen LogP contribution in [-0.2, 0) is 13.6 Å². The van der Waals surface area contributed by atoms with E-state index in [4.69, 9.17) is 0 Å². The lowest BCUT2D eigenvalue weighted by Crippen LogP contribution is -2.29. The Kier molecular flexibility index (Phi) is 1.35. The third-order valence-corrected chi connectivity index (χ3v) is 1.86. The fourth-order valence-corrected chi connectivity index (χ4v) is 1.33. The molecule has 0 unspecified atom stereocenters. The highest BCUT2D eigenvalue weighted by molar-refractivity contribution is 5.47. The summed E-state index contributed by atoms with van der Waals surface area (Å²) in [4.78, 5) is 2.19. The zero-order valence-corrected chi connectivity index (χ0v) is 6.83. The molecule has 4 heteroatoms. The van der Waals surface area contributed by atoms with Gasteiger partial charge in [-0.05, 0) is 7.05 Å². The van der Waals surface area contributed by atoms with Crippen LogP contribution in [0.3, 0.4) is 0 Å². The van der Waals surface area contributed by atoms with Gasteiger partial charge in [0.05, 0.1) is 18.1 Å². The van der Waals surface area contributed by atoms with E-state index in [1.54, 1.807) is 0 Å². The summed E-state index contributed by atoms with van der Waals surface area (Å²) in [7, 11) is 4.02. The topological polar surface area (TPSA) is 33.1 Å². The van der Waals surface area contributed by atoms with Gasteiger partial charge in [-0.25, -0.2) is 0 Å². The van der Waals surface area contributed by atoms with Crippen molar-refractivity contribution in [2.75, 3.05) is 19.0 Å². The Morgan fingerprint density at radius 2 is 2.36 bits per heavy atom. The number of aromatic nitrogens is 2. The molecule has 1 aromatic rings. The molecule has 4 nitrogen and oxygen atoms in total. The average molecular weight is 152 g/mol. The maximum absolute atomic E-state index is 4.31. The zero-order valence-electron chi connectivity index (χ0n) is 6.83. The van der Waals surface area contributed by atoms with Gasteiger partial charge in [-0.2, -0.15) is 5.10 Å².